The number of hydrogen-bond acceptors (Lipinski definition) is 11. The lowest BCUT2D eigenvalue weighted by Gasteiger charge is -2.33. The molecule has 0 unspecified atom stereocenters. The Bertz CT molecular complexity index is 1140. The molecule has 5 N–H and O–H groups in total. The molecule has 0 spiro atoms. The molecule has 2 rings (SSSR count). The van der Waals surface area contributed by atoms with Crippen molar-refractivity contribution in [3.63, 3.8) is 0 Å². The van der Waals surface area contributed by atoms with Gasteiger partial charge >= 0.3 is 23.9 Å². The van der Waals surface area contributed by atoms with Crippen molar-refractivity contribution >= 4 is 35.7 Å². The van der Waals surface area contributed by atoms with Crippen LogP contribution in [-0.2, 0) is 28.7 Å². The first-order chi connectivity index (χ1) is 22.5. The number of carboxylic acids is 3. The summed E-state index contributed by atoms with van der Waals surface area (Å²) in [6.07, 6.45) is 1.62. The van der Waals surface area contributed by atoms with E-state index in [0.717, 1.165) is 0 Å². The van der Waals surface area contributed by atoms with E-state index in [1.165, 1.54) is 7.11 Å². The number of nitrogens with one attached hydrogen (secondary N) is 2. The molecule has 1 aliphatic rings. The van der Waals surface area contributed by atoms with E-state index in [2.05, 4.69) is 10.6 Å². The topological polar surface area (TPSA) is 209 Å². The summed E-state index contributed by atoms with van der Waals surface area (Å²) in [5.41, 5.74) is 0.428. The fourth-order valence-corrected chi connectivity index (χ4v) is 5.12. The van der Waals surface area contributed by atoms with Crippen molar-refractivity contribution in [3.05, 3.63) is 35.9 Å². The van der Waals surface area contributed by atoms with Crippen LogP contribution in [0.25, 0.3) is 0 Å². The molecule has 0 aromatic heterocycles. The molecule has 1 fully saturated rings. The summed E-state index contributed by atoms with van der Waals surface area (Å²) in [6.45, 7) is 2.93. The summed E-state index contributed by atoms with van der Waals surface area (Å²) in [6, 6.07) is 7.71. The number of amides is 2. The quantitative estimate of drug-likeness (QED) is 0.101. The Morgan fingerprint density at radius 2 is 1.19 bits per heavy atom. The number of aliphatic carboxylic acids is 3. The molecular formula is C31H48N6O10. The number of methoxy groups -OCH3 is 1. The smallest absolute Gasteiger partial charge is 0.328 e. The van der Waals surface area contributed by atoms with E-state index in [-0.39, 0.29) is 37.9 Å². The number of carbonyl (C=O) groups is 6. The minimum Gasteiger partial charge on any atom is -0.480 e. The van der Waals surface area contributed by atoms with Crippen LogP contribution in [0.1, 0.15) is 36.0 Å². The fourth-order valence-electron chi connectivity index (χ4n) is 5.12. The molecule has 1 aromatic rings. The number of unbranched alkanes of at least 4 members (excludes halogenated alkanes) is 1. The van der Waals surface area contributed by atoms with Crippen molar-refractivity contribution in [2.24, 2.45) is 0 Å². The minimum atomic E-state index is -1.02. The van der Waals surface area contributed by atoms with Gasteiger partial charge in [0.1, 0.15) is 6.04 Å². The van der Waals surface area contributed by atoms with E-state index in [1.54, 1.807) is 45.0 Å². The van der Waals surface area contributed by atoms with Crippen molar-refractivity contribution < 1.29 is 48.8 Å². The largest absolute Gasteiger partial charge is 0.480 e. The number of ether oxygens (including phenoxy) is 1. The molecule has 262 valence electrons. The maximum absolute atomic E-state index is 12.7. The first-order valence-corrected chi connectivity index (χ1v) is 15.7. The number of nitrogens with zero attached hydrogens (tertiary/aromatic N) is 4. The van der Waals surface area contributed by atoms with Crippen LogP contribution in [0.3, 0.4) is 0 Å². The van der Waals surface area contributed by atoms with E-state index >= 15 is 0 Å². The Balaban J connectivity index is 1.88. The number of hydrogen-bond donors (Lipinski definition) is 5. The van der Waals surface area contributed by atoms with Gasteiger partial charge in [0, 0.05) is 77.4 Å². The van der Waals surface area contributed by atoms with E-state index in [1.807, 2.05) is 4.90 Å². The molecule has 16 heteroatoms. The van der Waals surface area contributed by atoms with Crippen molar-refractivity contribution in [1.29, 1.82) is 0 Å². The summed E-state index contributed by atoms with van der Waals surface area (Å²) in [5.74, 6) is -4.14. The number of esters is 1. The Labute approximate surface area is 274 Å². The second-order valence-corrected chi connectivity index (χ2v) is 11.4. The van der Waals surface area contributed by atoms with Crippen LogP contribution >= 0.6 is 0 Å². The molecule has 1 aromatic carbocycles. The van der Waals surface area contributed by atoms with Crippen LogP contribution in [0.4, 0.5) is 0 Å². The van der Waals surface area contributed by atoms with Gasteiger partial charge in [0.05, 0.1) is 26.7 Å². The summed E-state index contributed by atoms with van der Waals surface area (Å²) in [4.78, 5) is 78.7. The normalized spacial score (nSPS) is 16.6. The highest BCUT2D eigenvalue weighted by Gasteiger charge is 2.23. The average Bonchev–Trinajstić information content (AvgIpc) is 3.02. The van der Waals surface area contributed by atoms with Gasteiger partial charge in [0.15, 0.2) is 0 Å². The van der Waals surface area contributed by atoms with Gasteiger partial charge in [-0.05, 0) is 31.4 Å². The molecule has 0 aliphatic carbocycles. The number of rotatable bonds is 17. The van der Waals surface area contributed by atoms with E-state index in [9.17, 15) is 44.1 Å². The molecular weight excluding hydrogens is 616 g/mol. The molecule has 1 atom stereocenters. The van der Waals surface area contributed by atoms with E-state index in [0.29, 0.717) is 90.3 Å². The third-order valence-electron chi connectivity index (χ3n) is 7.73. The highest BCUT2D eigenvalue weighted by atomic mass is 16.5. The van der Waals surface area contributed by atoms with Gasteiger partial charge in [-0.3, -0.25) is 38.7 Å². The number of carbonyl (C=O) groups excluding carboxylic acids is 3. The average molecular weight is 665 g/mol. The predicted molar refractivity (Wildman–Crippen MR) is 170 cm³/mol. The molecule has 16 nitrogen and oxygen atoms in total. The maximum atomic E-state index is 12.7. The minimum absolute atomic E-state index is 0.169. The van der Waals surface area contributed by atoms with Gasteiger partial charge < -0.3 is 35.6 Å². The summed E-state index contributed by atoms with van der Waals surface area (Å²) >= 11 is 0. The lowest BCUT2D eigenvalue weighted by molar-refractivity contribution is -0.143. The standard InChI is InChI=1S/C31H48N6O10/c1-47-31(46)25(33-30(45)24-7-3-2-4-8-24)9-5-6-11-32-26(38)10-12-34-13-15-35(21-27(39)40)17-19-37(23-29(43)44)20-18-36(16-14-34)22-28(41)42/h2-4,7-8,25H,5-6,9-23H2,1H3,(H,32,38)(H,33,45)(H,39,40)(H,41,42)(H,43,44)/t25-/m0/s1. The van der Waals surface area contributed by atoms with Crippen molar-refractivity contribution in [2.45, 2.75) is 31.7 Å². The zero-order valence-electron chi connectivity index (χ0n) is 27.0. The second kappa shape index (κ2) is 21.6. The van der Waals surface area contributed by atoms with E-state index < -0.39 is 29.9 Å². The van der Waals surface area contributed by atoms with Crippen LogP contribution in [-0.4, -0.2) is 169 Å². The van der Waals surface area contributed by atoms with Crippen LogP contribution in [0.15, 0.2) is 30.3 Å². The first-order valence-electron chi connectivity index (χ1n) is 15.7. The molecule has 2 amide bonds. The van der Waals surface area contributed by atoms with Crippen LogP contribution in [0, 0.1) is 0 Å². The van der Waals surface area contributed by atoms with Crippen molar-refractivity contribution in [1.82, 2.24) is 30.2 Å². The molecule has 1 heterocycles. The Kier molecular flexibility index (Phi) is 18.0. The molecule has 1 saturated heterocycles. The maximum Gasteiger partial charge on any atom is 0.328 e. The summed E-state index contributed by atoms with van der Waals surface area (Å²) in [5, 5.41) is 33.6. The van der Waals surface area contributed by atoms with Gasteiger partial charge in [-0.1, -0.05) is 18.2 Å². The van der Waals surface area contributed by atoms with Crippen LogP contribution < -0.4 is 10.6 Å². The fraction of sp³-hybridized carbons (Fsp3) is 0.613. The second-order valence-electron chi connectivity index (χ2n) is 11.4. The Hall–Kier alpha value is -4.12. The monoisotopic (exact) mass is 664 g/mol. The summed E-state index contributed by atoms with van der Waals surface area (Å²) in [7, 11) is 1.26. The molecule has 0 saturated carbocycles. The predicted octanol–water partition coefficient (Wildman–Crippen LogP) is -0.890. The lowest BCUT2D eigenvalue weighted by Crippen LogP contribution is -2.48. The van der Waals surface area contributed by atoms with Crippen LogP contribution in [0.2, 0.25) is 0 Å². The van der Waals surface area contributed by atoms with Gasteiger partial charge in [-0.15, -0.1) is 0 Å². The Morgan fingerprint density at radius 3 is 1.64 bits per heavy atom. The first kappa shape index (κ1) is 39.1. The van der Waals surface area contributed by atoms with Gasteiger partial charge in [-0.25, -0.2) is 4.79 Å². The zero-order chi connectivity index (χ0) is 34.6. The van der Waals surface area contributed by atoms with Crippen molar-refractivity contribution in [3.8, 4) is 0 Å². The SMILES string of the molecule is COC(=O)[C@H](CCCCNC(=O)CCN1CCN(CC(=O)O)CCN(CC(=O)O)CCN(CC(=O)O)CC1)NC(=O)c1ccccc1. The molecule has 47 heavy (non-hydrogen) atoms. The van der Waals surface area contributed by atoms with Crippen LogP contribution in [0.5, 0.6) is 0 Å². The molecule has 0 bridgehead atoms. The highest BCUT2D eigenvalue weighted by Crippen LogP contribution is 2.07. The molecule has 1 aliphatic heterocycles. The Morgan fingerprint density at radius 1 is 0.723 bits per heavy atom. The number of benzene rings is 1. The highest BCUT2D eigenvalue weighted by molar-refractivity contribution is 5.96. The summed E-state index contributed by atoms with van der Waals surface area (Å²) < 4.78 is 4.83. The number of carboxylic acid groups (broad SMARTS) is 3. The van der Waals surface area contributed by atoms with Gasteiger partial charge in [0.2, 0.25) is 5.91 Å². The van der Waals surface area contributed by atoms with E-state index in [4.69, 9.17) is 4.74 Å². The molecule has 0 radical (unpaired) electrons. The van der Waals surface area contributed by atoms with Gasteiger partial charge in [-0.2, -0.15) is 0 Å². The third kappa shape index (κ3) is 16.8. The van der Waals surface area contributed by atoms with Crippen molar-refractivity contribution in [2.75, 3.05) is 92.2 Å². The lowest BCUT2D eigenvalue weighted by atomic mass is 10.1. The van der Waals surface area contributed by atoms with Gasteiger partial charge in [0.25, 0.3) is 5.91 Å². The third-order valence-corrected chi connectivity index (χ3v) is 7.73. The zero-order valence-corrected chi connectivity index (χ0v) is 27.0.